The van der Waals surface area contributed by atoms with Crippen molar-refractivity contribution in [3.8, 4) is 0 Å². The largest absolute Gasteiger partial charge is 0.379 e. The monoisotopic (exact) mass is 256 g/mol. The van der Waals surface area contributed by atoms with Gasteiger partial charge in [-0.1, -0.05) is 12.8 Å². The first-order chi connectivity index (χ1) is 8.31. The molecule has 1 N–H and O–H groups in total. The van der Waals surface area contributed by atoms with E-state index in [4.69, 9.17) is 4.74 Å². The lowest BCUT2D eigenvalue weighted by atomic mass is 9.94. The number of rotatable bonds is 7. The van der Waals surface area contributed by atoms with Crippen LogP contribution in [0.4, 0.5) is 0 Å². The lowest BCUT2D eigenvalue weighted by molar-refractivity contribution is 0.00719. The van der Waals surface area contributed by atoms with Crippen molar-refractivity contribution in [3.63, 3.8) is 0 Å². The molecule has 3 nitrogen and oxygen atoms in total. The Morgan fingerprint density at radius 3 is 2.28 bits per heavy atom. The lowest BCUT2D eigenvalue weighted by Crippen LogP contribution is -2.52. The van der Waals surface area contributed by atoms with Crippen LogP contribution in [0.2, 0.25) is 0 Å². The number of hydrogen-bond donors (Lipinski definition) is 1. The van der Waals surface area contributed by atoms with E-state index in [9.17, 15) is 0 Å². The number of nitrogens with zero attached hydrogens (tertiary/aromatic N) is 1. The Morgan fingerprint density at radius 2 is 1.83 bits per heavy atom. The summed E-state index contributed by atoms with van der Waals surface area (Å²) in [6, 6.07) is 0.498. The second-order valence-corrected chi connectivity index (χ2v) is 6.78. The van der Waals surface area contributed by atoms with E-state index < -0.39 is 0 Å². The van der Waals surface area contributed by atoms with Crippen LogP contribution in [0.25, 0.3) is 0 Å². The summed E-state index contributed by atoms with van der Waals surface area (Å²) in [6.07, 6.45) is 6.45. The number of likely N-dealkylation sites (N-methyl/N-ethyl adjacent to an activating group) is 1. The highest BCUT2D eigenvalue weighted by molar-refractivity contribution is 4.95. The number of hydrogen-bond acceptors (Lipinski definition) is 3. The van der Waals surface area contributed by atoms with Gasteiger partial charge in [0.15, 0.2) is 0 Å². The SMILES string of the molecule is COC(C)(C)CC(C)NCC1(N(C)C)CCCC1. The third kappa shape index (κ3) is 4.22. The molecule has 0 aromatic heterocycles. The van der Waals surface area contributed by atoms with Crippen molar-refractivity contribution >= 4 is 0 Å². The highest BCUT2D eigenvalue weighted by Crippen LogP contribution is 2.33. The van der Waals surface area contributed by atoms with Crippen molar-refractivity contribution in [1.82, 2.24) is 10.2 Å². The molecule has 0 aromatic carbocycles. The third-order valence-electron chi connectivity index (χ3n) is 4.61. The van der Waals surface area contributed by atoms with Gasteiger partial charge in [-0.05, 0) is 54.1 Å². The Labute approximate surface area is 113 Å². The van der Waals surface area contributed by atoms with Gasteiger partial charge >= 0.3 is 0 Å². The van der Waals surface area contributed by atoms with Crippen molar-refractivity contribution in [1.29, 1.82) is 0 Å². The van der Waals surface area contributed by atoms with Gasteiger partial charge in [0, 0.05) is 25.2 Å². The van der Waals surface area contributed by atoms with Gasteiger partial charge in [0.1, 0.15) is 0 Å². The Kier molecular flexibility index (Phi) is 5.63. The molecule has 1 saturated carbocycles. The minimum absolute atomic E-state index is 0.0344. The van der Waals surface area contributed by atoms with Gasteiger partial charge in [-0.3, -0.25) is 0 Å². The van der Waals surface area contributed by atoms with Gasteiger partial charge < -0.3 is 15.0 Å². The number of ether oxygens (including phenoxy) is 1. The van der Waals surface area contributed by atoms with Gasteiger partial charge in [0.2, 0.25) is 0 Å². The van der Waals surface area contributed by atoms with E-state index in [0.29, 0.717) is 11.6 Å². The number of nitrogens with one attached hydrogen (secondary N) is 1. The van der Waals surface area contributed by atoms with Gasteiger partial charge in [-0.15, -0.1) is 0 Å². The average Bonchev–Trinajstić information content (AvgIpc) is 2.76. The second kappa shape index (κ2) is 6.36. The Balaban J connectivity index is 2.43. The average molecular weight is 256 g/mol. The van der Waals surface area contributed by atoms with Crippen LogP contribution in [-0.2, 0) is 4.74 Å². The molecule has 0 bridgehead atoms. The van der Waals surface area contributed by atoms with Crippen molar-refractivity contribution in [3.05, 3.63) is 0 Å². The fourth-order valence-corrected chi connectivity index (χ4v) is 3.07. The zero-order valence-corrected chi connectivity index (χ0v) is 13.2. The number of methoxy groups -OCH3 is 1. The van der Waals surface area contributed by atoms with Crippen LogP contribution in [0.15, 0.2) is 0 Å². The van der Waals surface area contributed by atoms with Crippen LogP contribution in [0, 0.1) is 0 Å². The molecule has 1 fully saturated rings. The van der Waals surface area contributed by atoms with Crippen LogP contribution in [0.5, 0.6) is 0 Å². The standard InChI is InChI=1S/C15H32N2O/c1-13(11-14(2,3)18-6)16-12-15(17(4)5)9-7-8-10-15/h13,16H,7-12H2,1-6H3. The van der Waals surface area contributed by atoms with Crippen LogP contribution >= 0.6 is 0 Å². The summed E-state index contributed by atoms with van der Waals surface area (Å²) in [5.41, 5.74) is 0.346. The molecule has 0 aliphatic heterocycles. The zero-order chi connectivity index (χ0) is 13.8. The minimum Gasteiger partial charge on any atom is -0.379 e. The smallest absolute Gasteiger partial charge is 0.0637 e. The summed E-state index contributed by atoms with van der Waals surface area (Å²) in [5, 5.41) is 3.72. The molecule has 3 heteroatoms. The van der Waals surface area contributed by atoms with Crippen molar-refractivity contribution in [2.75, 3.05) is 27.7 Å². The van der Waals surface area contributed by atoms with Gasteiger partial charge in [0.05, 0.1) is 5.60 Å². The maximum absolute atomic E-state index is 5.50. The van der Waals surface area contributed by atoms with E-state index in [1.165, 1.54) is 25.7 Å². The molecule has 0 aromatic rings. The summed E-state index contributed by atoms with van der Waals surface area (Å²) in [5.74, 6) is 0. The van der Waals surface area contributed by atoms with Crippen molar-refractivity contribution in [2.45, 2.75) is 70.1 Å². The molecule has 1 unspecified atom stereocenters. The second-order valence-electron chi connectivity index (χ2n) is 6.78. The van der Waals surface area contributed by atoms with E-state index in [0.717, 1.165) is 13.0 Å². The van der Waals surface area contributed by atoms with Crippen LogP contribution in [-0.4, -0.2) is 49.8 Å². The van der Waals surface area contributed by atoms with E-state index in [1.807, 2.05) is 0 Å². The van der Waals surface area contributed by atoms with E-state index in [1.54, 1.807) is 7.11 Å². The molecule has 0 heterocycles. The highest BCUT2D eigenvalue weighted by Gasteiger charge is 2.36. The Bertz CT molecular complexity index is 245. The van der Waals surface area contributed by atoms with Crippen molar-refractivity contribution in [2.24, 2.45) is 0 Å². The van der Waals surface area contributed by atoms with Crippen LogP contribution in [0.3, 0.4) is 0 Å². The fraction of sp³-hybridized carbons (Fsp3) is 1.00. The summed E-state index contributed by atoms with van der Waals surface area (Å²) in [7, 11) is 6.23. The molecule has 0 amide bonds. The van der Waals surface area contributed by atoms with Crippen molar-refractivity contribution < 1.29 is 4.74 Å². The van der Waals surface area contributed by atoms with Gasteiger partial charge in [-0.25, -0.2) is 0 Å². The first-order valence-corrected chi connectivity index (χ1v) is 7.27. The Hall–Kier alpha value is -0.120. The first kappa shape index (κ1) is 15.9. The fourth-order valence-electron chi connectivity index (χ4n) is 3.07. The molecule has 1 atom stereocenters. The molecule has 0 radical (unpaired) electrons. The molecule has 18 heavy (non-hydrogen) atoms. The van der Waals surface area contributed by atoms with E-state index >= 15 is 0 Å². The summed E-state index contributed by atoms with van der Waals surface area (Å²) < 4.78 is 5.50. The first-order valence-electron chi connectivity index (χ1n) is 7.27. The lowest BCUT2D eigenvalue weighted by Gasteiger charge is -2.38. The topological polar surface area (TPSA) is 24.5 Å². The van der Waals surface area contributed by atoms with Gasteiger partial charge in [-0.2, -0.15) is 0 Å². The Morgan fingerprint density at radius 1 is 1.28 bits per heavy atom. The third-order valence-corrected chi connectivity index (χ3v) is 4.61. The summed E-state index contributed by atoms with van der Waals surface area (Å²) in [4.78, 5) is 2.42. The quantitative estimate of drug-likeness (QED) is 0.758. The predicted molar refractivity (Wildman–Crippen MR) is 78.1 cm³/mol. The highest BCUT2D eigenvalue weighted by atomic mass is 16.5. The van der Waals surface area contributed by atoms with Crippen LogP contribution in [0.1, 0.15) is 52.9 Å². The maximum Gasteiger partial charge on any atom is 0.0637 e. The zero-order valence-electron chi connectivity index (χ0n) is 13.2. The van der Waals surface area contributed by atoms with E-state index in [-0.39, 0.29) is 5.60 Å². The summed E-state index contributed by atoms with van der Waals surface area (Å²) >= 11 is 0. The molecular formula is C15H32N2O. The molecule has 108 valence electrons. The normalized spacial score (nSPS) is 21.5. The molecular weight excluding hydrogens is 224 g/mol. The summed E-state index contributed by atoms with van der Waals surface area (Å²) in [6.45, 7) is 7.67. The van der Waals surface area contributed by atoms with Gasteiger partial charge in [0.25, 0.3) is 0 Å². The maximum atomic E-state index is 5.50. The molecule has 1 aliphatic carbocycles. The van der Waals surface area contributed by atoms with E-state index in [2.05, 4.69) is 45.1 Å². The molecule has 0 spiro atoms. The predicted octanol–water partition coefficient (Wildman–Crippen LogP) is 2.65. The van der Waals surface area contributed by atoms with Crippen LogP contribution < -0.4 is 5.32 Å². The molecule has 1 rings (SSSR count). The molecule has 1 aliphatic rings. The molecule has 0 saturated heterocycles. The minimum atomic E-state index is -0.0344.